The van der Waals surface area contributed by atoms with Crippen molar-refractivity contribution < 1.29 is 4.79 Å². The molecule has 5 nitrogen and oxygen atoms in total. The smallest absolute Gasteiger partial charge is 0.241 e. The van der Waals surface area contributed by atoms with Gasteiger partial charge in [0.2, 0.25) is 5.91 Å². The summed E-state index contributed by atoms with van der Waals surface area (Å²) in [5.74, 6) is -0.293. The third-order valence-electron chi connectivity index (χ3n) is 2.57. The van der Waals surface area contributed by atoms with Crippen LogP contribution in [0.3, 0.4) is 0 Å². The van der Waals surface area contributed by atoms with Crippen LogP contribution in [0.4, 0.5) is 5.69 Å². The number of pyridine rings is 1. The number of hydrogen-bond acceptors (Lipinski definition) is 4. The van der Waals surface area contributed by atoms with Crippen LogP contribution in [0.15, 0.2) is 24.5 Å². The Morgan fingerprint density at radius 2 is 2.27 bits per heavy atom. The number of aromatic nitrogens is 1. The third kappa shape index (κ3) is 2.07. The highest BCUT2D eigenvalue weighted by molar-refractivity contribution is 5.84. The van der Waals surface area contributed by atoms with E-state index < -0.39 is 0 Å². The number of piperazine rings is 1. The highest BCUT2D eigenvalue weighted by Gasteiger charge is 2.26. The Morgan fingerprint density at radius 3 is 2.93 bits per heavy atom. The molecule has 1 aliphatic heterocycles. The number of carbonyl (C=O) groups excluding carboxylic acids is 1. The van der Waals surface area contributed by atoms with E-state index in [0.29, 0.717) is 6.54 Å². The molecular formula is C10H14N4O. The largest absolute Gasteiger partial charge is 0.368 e. The van der Waals surface area contributed by atoms with Gasteiger partial charge in [0.15, 0.2) is 0 Å². The Balaban J connectivity index is 2.22. The molecule has 0 saturated carbocycles. The molecule has 1 saturated heterocycles. The van der Waals surface area contributed by atoms with Crippen molar-refractivity contribution in [2.45, 2.75) is 6.04 Å². The topological polar surface area (TPSA) is 71.2 Å². The number of nitrogens with two attached hydrogens (primary N) is 1. The molecule has 1 aliphatic rings. The zero-order valence-electron chi connectivity index (χ0n) is 8.39. The second-order valence-electron chi connectivity index (χ2n) is 3.52. The Bertz CT molecular complexity index is 341. The number of hydrogen-bond donors (Lipinski definition) is 2. The van der Waals surface area contributed by atoms with E-state index in [1.807, 2.05) is 17.0 Å². The van der Waals surface area contributed by atoms with Crippen LogP contribution < -0.4 is 16.0 Å². The van der Waals surface area contributed by atoms with E-state index in [1.54, 1.807) is 12.4 Å². The maximum atomic E-state index is 11.3. The van der Waals surface area contributed by atoms with Crippen molar-refractivity contribution in [2.75, 3.05) is 24.5 Å². The summed E-state index contributed by atoms with van der Waals surface area (Å²) >= 11 is 0. The molecule has 0 spiro atoms. The molecular weight excluding hydrogens is 192 g/mol. The standard InChI is InChI=1S/C10H14N4O/c11-10(15)9-7-13-5-6-14(9)8-1-3-12-4-2-8/h1-4,9,13H,5-7H2,(H2,11,15). The molecule has 15 heavy (non-hydrogen) atoms. The Hall–Kier alpha value is -1.62. The number of nitrogens with zero attached hydrogens (tertiary/aromatic N) is 2. The van der Waals surface area contributed by atoms with Gasteiger partial charge in [0.05, 0.1) is 0 Å². The van der Waals surface area contributed by atoms with E-state index in [1.165, 1.54) is 0 Å². The van der Waals surface area contributed by atoms with Gasteiger partial charge in [-0.2, -0.15) is 0 Å². The zero-order chi connectivity index (χ0) is 10.7. The molecule has 80 valence electrons. The third-order valence-corrected chi connectivity index (χ3v) is 2.57. The normalized spacial score (nSPS) is 21.3. The van der Waals surface area contributed by atoms with Gasteiger partial charge in [-0.3, -0.25) is 9.78 Å². The van der Waals surface area contributed by atoms with E-state index in [0.717, 1.165) is 18.8 Å². The first kappa shape index (κ1) is 9.92. The van der Waals surface area contributed by atoms with Gasteiger partial charge in [-0.1, -0.05) is 0 Å². The second kappa shape index (κ2) is 4.27. The molecule has 0 radical (unpaired) electrons. The summed E-state index contributed by atoms with van der Waals surface area (Å²) in [4.78, 5) is 17.2. The van der Waals surface area contributed by atoms with Crippen LogP contribution in [0.5, 0.6) is 0 Å². The SMILES string of the molecule is NC(=O)C1CNCCN1c1ccncc1. The van der Waals surface area contributed by atoms with Gasteiger partial charge in [-0.25, -0.2) is 0 Å². The number of primary amides is 1. The lowest BCUT2D eigenvalue weighted by Gasteiger charge is -2.35. The molecule has 2 heterocycles. The maximum Gasteiger partial charge on any atom is 0.241 e. The minimum atomic E-state index is -0.293. The molecule has 0 bridgehead atoms. The molecule has 3 N–H and O–H groups in total. The Kier molecular flexibility index (Phi) is 2.82. The van der Waals surface area contributed by atoms with E-state index in [9.17, 15) is 4.79 Å². The van der Waals surface area contributed by atoms with Crippen LogP contribution in [0, 0.1) is 0 Å². The minimum Gasteiger partial charge on any atom is -0.368 e. The van der Waals surface area contributed by atoms with E-state index in [2.05, 4.69) is 10.3 Å². The fourth-order valence-electron chi connectivity index (χ4n) is 1.80. The summed E-state index contributed by atoms with van der Waals surface area (Å²) in [6.07, 6.45) is 3.44. The molecule has 1 atom stereocenters. The summed E-state index contributed by atoms with van der Waals surface area (Å²) in [6.45, 7) is 2.27. The summed E-state index contributed by atoms with van der Waals surface area (Å²) in [6, 6.07) is 3.52. The highest BCUT2D eigenvalue weighted by atomic mass is 16.1. The highest BCUT2D eigenvalue weighted by Crippen LogP contribution is 2.16. The number of nitrogens with one attached hydrogen (secondary N) is 1. The van der Waals surface area contributed by atoms with E-state index in [4.69, 9.17) is 5.73 Å². The van der Waals surface area contributed by atoms with Crippen molar-refractivity contribution in [2.24, 2.45) is 5.73 Å². The summed E-state index contributed by atoms with van der Waals surface area (Å²) in [5.41, 5.74) is 6.35. The summed E-state index contributed by atoms with van der Waals surface area (Å²) in [5, 5.41) is 3.16. The van der Waals surface area contributed by atoms with Crippen molar-refractivity contribution in [3.63, 3.8) is 0 Å². The summed E-state index contributed by atoms with van der Waals surface area (Å²) in [7, 11) is 0. The van der Waals surface area contributed by atoms with Crippen LogP contribution in [0.2, 0.25) is 0 Å². The van der Waals surface area contributed by atoms with Gasteiger partial charge < -0.3 is 16.0 Å². The second-order valence-corrected chi connectivity index (χ2v) is 3.52. The number of amides is 1. The fourth-order valence-corrected chi connectivity index (χ4v) is 1.80. The van der Waals surface area contributed by atoms with Crippen LogP contribution in [0.25, 0.3) is 0 Å². The van der Waals surface area contributed by atoms with Crippen LogP contribution in [0.1, 0.15) is 0 Å². The summed E-state index contributed by atoms with van der Waals surface area (Å²) < 4.78 is 0. The van der Waals surface area contributed by atoms with Crippen molar-refractivity contribution in [3.8, 4) is 0 Å². The minimum absolute atomic E-state index is 0.263. The first-order chi connectivity index (χ1) is 7.29. The average molecular weight is 206 g/mol. The van der Waals surface area contributed by atoms with E-state index >= 15 is 0 Å². The first-order valence-corrected chi connectivity index (χ1v) is 4.96. The molecule has 1 aromatic rings. The molecule has 5 heteroatoms. The lowest BCUT2D eigenvalue weighted by atomic mass is 10.1. The lowest BCUT2D eigenvalue weighted by molar-refractivity contribution is -0.119. The predicted octanol–water partition coefficient (Wildman–Crippen LogP) is -0.655. The van der Waals surface area contributed by atoms with Gasteiger partial charge in [0, 0.05) is 37.7 Å². The number of carbonyl (C=O) groups is 1. The van der Waals surface area contributed by atoms with Gasteiger partial charge in [-0.15, -0.1) is 0 Å². The number of anilines is 1. The maximum absolute atomic E-state index is 11.3. The number of rotatable bonds is 2. The van der Waals surface area contributed by atoms with Crippen molar-refractivity contribution >= 4 is 11.6 Å². The first-order valence-electron chi connectivity index (χ1n) is 4.96. The molecule has 0 aliphatic carbocycles. The lowest BCUT2D eigenvalue weighted by Crippen LogP contribution is -2.57. The molecule has 2 rings (SSSR count). The van der Waals surface area contributed by atoms with Gasteiger partial charge in [0.1, 0.15) is 6.04 Å². The molecule has 1 aromatic heterocycles. The monoisotopic (exact) mass is 206 g/mol. The van der Waals surface area contributed by atoms with Crippen LogP contribution in [-0.2, 0) is 4.79 Å². The molecule has 1 unspecified atom stereocenters. The van der Waals surface area contributed by atoms with Crippen LogP contribution in [-0.4, -0.2) is 36.6 Å². The van der Waals surface area contributed by atoms with Crippen LogP contribution >= 0.6 is 0 Å². The van der Waals surface area contributed by atoms with Gasteiger partial charge in [0.25, 0.3) is 0 Å². The van der Waals surface area contributed by atoms with Crippen molar-refractivity contribution in [1.82, 2.24) is 10.3 Å². The van der Waals surface area contributed by atoms with Gasteiger partial charge >= 0.3 is 0 Å². The Labute approximate surface area is 88.3 Å². The van der Waals surface area contributed by atoms with Crippen molar-refractivity contribution in [1.29, 1.82) is 0 Å². The molecule has 1 fully saturated rings. The predicted molar refractivity (Wildman–Crippen MR) is 57.4 cm³/mol. The van der Waals surface area contributed by atoms with E-state index in [-0.39, 0.29) is 11.9 Å². The molecule has 1 amide bonds. The van der Waals surface area contributed by atoms with Gasteiger partial charge in [-0.05, 0) is 12.1 Å². The average Bonchev–Trinajstić information content (AvgIpc) is 2.30. The fraction of sp³-hybridized carbons (Fsp3) is 0.400. The zero-order valence-corrected chi connectivity index (χ0v) is 8.39. The Morgan fingerprint density at radius 1 is 1.53 bits per heavy atom. The quantitative estimate of drug-likeness (QED) is 0.674. The van der Waals surface area contributed by atoms with Crippen molar-refractivity contribution in [3.05, 3.63) is 24.5 Å². The molecule has 0 aromatic carbocycles.